The number of rotatable bonds is 4. The van der Waals surface area contributed by atoms with Crippen LogP contribution in [0.4, 0.5) is 5.13 Å². The largest absolute Gasteiger partial charge is 0.463 e. The first-order valence-corrected chi connectivity index (χ1v) is 10.2. The molecule has 0 aliphatic rings. The summed E-state index contributed by atoms with van der Waals surface area (Å²) in [5.74, 6) is -0.323. The second-order valence-corrected chi connectivity index (χ2v) is 8.02. The molecule has 144 valence electrons. The van der Waals surface area contributed by atoms with E-state index in [-0.39, 0.29) is 11.3 Å². The Bertz CT molecular complexity index is 1280. The van der Waals surface area contributed by atoms with E-state index in [1.807, 2.05) is 24.3 Å². The Kier molecular flexibility index (Phi) is 5.37. The Morgan fingerprint density at radius 2 is 1.90 bits per heavy atom. The first-order valence-electron chi connectivity index (χ1n) is 8.59. The van der Waals surface area contributed by atoms with Gasteiger partial charge in [0.15, 0.2) is 5.43 Å². The van der Waals surface area contributed by atoms with Crippen molar-refractivity contribution in [2.45, 2.75) is 0 Å². The second-order valence-electron chi connectivity index (χ2n) is 6.14. The lowest BCUT2D eigenvalue weighted by molar-refractivity contribution is -0.113. The number of nitrogens with zero attached hydrogens (tertiary/aromatic N) is 3. The summed E-state index contributed by atoms with van der Waals surface area (Å²) in [4.78, 5) is 26.4. The van der Waals surface area contributed by atoms with Gasteiger partial charge in [-0.1, -0.05) is 51.5 Å². The molecule has 0 spiro atoms. The number of carbonyl (C=O) groups is 1. The standard InChI is InChI=1S/C21H14BrN3O3S/c1-25(21-24-23-20(29-21)13-6-9-15(22)10-7-13)18(26)11-8-14-12-28-17-5-3-2-4-16(17)19(14)27/h2-12H,1H3/b11-8+. The Labute approximate surface area is 178 Å². The number of likely N-dealkylation sites (N-methyl/N-ethyl adjacent to an activating group) is 1. The van der Waals surface area contributed by atoms with Crippen LogP contribution in [0.25, 0.3) is 27.6 Å². The number of para-hydroxylation sites is 1. The van der Waals surface area contributed by atoms with Gasteiger partial charge in [-0.3, -0.25) is 14.5 Å². The van der Waals surface area contributed by atoms with E-state index >= 15 is 0 Å². The van der Waals surface area contributed by atoms with Gasteiger partial charge in [0.05, 0.1) is 10.9 Å². The number of halogens is 1. The van der Waals surface area contributed by atoms with Crippen LogP contribution in [0, 0.1) is 0 Å². The summed E-state index contributed by atoms with van der Waals surface area (Å²) in [6.45, 7) is 0. The minimum Gasteiger partial charge on any atom is -0.463 e. The molecule has 2 aromatic carbocycles. The van der Waals surface area contributed by atoms with Crippen molar-refractivity contribution in [1.82, 2.24) is 10.2 Å². The van der Waals surface area contributed by atoms with Gasteiger partial charge in [-0.25, -0.2) is 0 Å². The number of benzene rings is 2. The summed E-state index contributed by atoms with van der Waals surface area (Å²) in [6, 6.07) is 14.7. The second kappa shape index (κ2) is 8.10. The predicted octanol–water partition coefficient (Wildman–Crippen LogP) is 4.75. The zero-order valence-electron chi connectivity index (χ0n) is 15.2. The molecule has 4 aromatic rings. The molecule has 0 atom stereocenters. The molecule has 4 rings (SSSR count). The maximum Gasteiger partial charge on any atom is 0.252 e. The molecule has 1 amide bonds. The van der Waals surface area contributed by atoms with Crippen LogP contribution in [0.2, 0.25) is 0 Å². The molecule has 0 unspecified atom stereocenters. The maximum atomic E-state index is 12.5. The van der Waals surface area contributed by atoms with Crippen LogP contribution in [0.5, 0.6) is 0 Å². The molecule has 29 heavy (non-hydrogen) atoms. The third kappa shape index (κ3) is 4.03. The third-order valence-corrected chi connectivity index (χ3v) is 5.81. The number of aromatic nitrogens is 2. The van der Waals surface area contributed by atoms with E-state index in [4.69, 9.17) is 4.42 Å². The summed E-state index contributed by atoms with van der Waals surface area (Å²) < 4.78 is 6.44. The molecule has 8 heteroatoms. The van der Waals surface area contributed by atoms with E-state index in [1.165, 1.54) is 34.7 Å². The summed E-state index contributed by atoms with van der Waals surface area (Å²) in [5, 5.41) is 9.90. The van der Waals surface area contributed by atoms with Gasteiger partial charge >= 0.3 is 0 Å². The van der Waals surface area contributed by atoms with Crippen LogP contribution in [0.15, 0.2) is 74.6 Å². The van der Waals surface area contributed by atoms with Crippen molar-refractivity contribution in [2.24, 2.45) is 0 Å². The fourth-order valence-corrected chi connectivity index (χ4v) is 3.72. The van der Waals surface area contributed by atoms with E-state index in [9.17, 15) is 9.59 Å². The fraction of sp³-hybridized carbons (Fsp3) is 0.0476. The molecule has 0 saturated carbocycles. The highest BCUT2D eigenvalue weighted by molar-refractivity contribution is 9.10. The smallest absolute Gasteiger partial charge is 0.252 e. The monoisotopic (exact) mass is 467 g/mol. The van der Waals surface area contributed by atoms with Crippen LogP contribution in [-0.4, -0.2) is 23.2 Å². The van der Waals surface area contributed by atoms with Crippen molar-refractivity contribution in [1.29, 1.82) is 0 Å². The number of fused-ring (bicyclic) bond motifs is 1. The molecule has 0 N–H and O–H groups in total. The summed E-state index contributed by atoms with van der Waals surface area (Å²) in [7, 11) is 1.61. The van der Waals surface area contributed by atoms with Crippen LogP contribution in [-0.2, 0) is 4.79 Å². The number of anilines is 1. The van der Waals surface area contributed by atoms with Crippen molar-refractivity contribution in [2.75, 3.05) is 11.9 Å². The van der Waals surface area contributed by atoms with Crippen LogP contribution < -0.4 is 10.3 Å². The Hall–Kier alpha value is -3.10. The molecule has 6 nitrogen and oxygen atoms in total. The topological polar surface area (TPSA) is 76.3 Å². The van der Waals surface area contributed by atoms with E-state index in [1.54, 1.807) is 31.3 Å². The molecule has 2 aromatic heterocycles. The van der Waals surface area contributed by atoms with E-state index in [2.05, 4.69) is 26.1 Å². The molecule has 0 aliphatic carbocycles. The zero-order chi connectivity index (χ0) is 20.4. The molecule has 0 saturated heterocycles. The van der Waals surface area contributed by atoms with Crippen LogP contribution >= 0.6 is 27.3 Å². The molecule has 0 radical (unpaired) electrons. The van der Waals surface area contributed by atoms with Crippen molar-refractivity contribution in [3.63, 3.8) is 0 Å². The maximum absolute atomic E-state index is 12.5. The van der Waals surface area contributed by atoms with Crippen molar-refractivity contribution in [3.8, 4) is 10.6 Å². The quantitative estimate of drug-likeness (QED) is 0.404. The van der Waals surface area contributed by atoms with Crippen molar-refractivity contribution < 1.29 is 9.21 Å². The van der Waals surface area contributed by atoms with Crippen LogP contribution in [0.3, 0.4) is 0 Å². The number of hydrogen-bond acceptors (Lipinski definition) is 6. The minimum absolute atomic E-state index is 0.188. The number of carbonyl (C=O) groups excluding carboxylic acids is 1. The van der Waals surface area contributed by atoms with Crippen molar-refractivity contribution in [3.05, 3.63) is 81.1 Å². The van der Waals surface area contributed by atoms with Gasteiger partial charge in [0.2, 0.25) is 5.13 Å². The highest BCUT2D eigenvalue weighted by Gasteiger charge is 2.15. The van der Waals surface area contributed by atoms with E-state index < -0.39 is 0 Å². The first kappa shape index (κ1) is 19.2. The SMILES string of the molecule is CN(C(=O)/C=C/c1coc2ccccc2c1=O)c1nnc(-c2ccc(Br)cc2)s1. The Morgan fingerprint density at radius 3 is 2.69 bits per heavy atom. The average molecular weight is 468 g/mol. The van der Waals surface area contributed by atoms with Gasteiger partial charge in [0.1, 0.15) is 16.9 Å². The van der Waals surface area contributed by atoms with Gasteiger partial charge in [-0.2, -0.15) is 0 Å². The number of amides is 1. The molecular formula is C21H14BrN3O3S. The average Bonchev–Trinajstić information content (AvgIpc) is 3.23. The summed E-state index contributed by atoms with van der Waals surface area (Å²) in [6.07, 6.45) is 4.13. The molecular weight excluding hydrogens is 454 g/mol. The van der Waals surface area contributed by atoms with Gasteiger partial charge in [0.25, 0.3) is 5.91 Å². The lowest BCUT2D eigenvalue weighted by Gasteiger charge is -2.09. The summed E-state index contributed by atoms with van der Waals surface area (Å²) >= 11 is 4.71. The van der Waals surface area contributed by atoms with Gasteiger partial charge in [-0.05, 0) is 30.3 Å². The van der Waals surface area contributed by atoms with E-state index in [0.717, 1.165) is 10.0 Å². The van der Waals surface area contributed by atoms with Crippen LogP contribution in [0.1, 0.15) is 5.56 Å². The normalized spacial score (nSPS) is 11.2. The lowest BCUT2D eigenvalue weighted by atomic mass is 10.1. The highest BCUT2D eigenvalue weighted by atomic mass is 79.9. The van der Waals surface area contributed by atoms with Gasteiger partial charge in [-0.15, -0.1) is 10.2 Å². The third-order valence-electron chi connectivity index (χ3n) is 4.24. The number of hydrogen-bond donors (Lipinski definition) is 0. The lowest BCUT2D eigenvalue weighted by Crippen LogP contribution is -2.23. The molecule has 2 heterocycles. The highest BCUT2D eigenvalue weighted by Crippen LogP contribution is 2.29. The minimum atomic E-state index is -0.323. The van der Waals surface area contributed by atoms with E-state index in [0.29, 0.717) is 26.7 Å². The van der Waals surface area contributed by atoms with Gasteiger partial charge in [0, 0.05) is 23.2 Å². The Morgan fingerprint density at radius 1 is 1.14 bits per heavy atom. The summed E-state index contributed by atoms with van der Waals surface area (Å²) in [5.41, 5.74) is 1.54. The molecule has 0 aliphatic heterocycles. The van der Waals surface area contributed by atoms with Gasteiger partial charge < -0.3 is 4.42 Å². The fourth-order valence-electron chi connectivity index (χ4n) is 2.64. The van der Waals surface area contributed by atoms with Crippen molar-refractivity contribution >= 4 is 55.4 Å². The predicted molar refractivity (Wildman–Crippen MR) is 118 cm³/mol. The first-order chi connectivity index (χ1) is 14.0. The zero-order valence-corrected chi connectivity index (χ0v) is 17.6. The Balaban J connectivity index is 1.54. The molecule has 0 bridgehead atoms. The molecule has 0 fully saturated rings.